The van der Waals surface area contributed by atoms with Crippen molar-refractivity contribution in [1.82, 2.24) is 25.5 Å². The van der Waals surface area contributed by atoms with E-state index in [0.717, 1.165) is 27.4 Å². The van der Waals surface area contributed by atoms with Crippen molar-refractivity contribution in [3.05, 3.63) is 51.7 Å². The Labute approximate surface area is 159 Å². The zero-order valence-corrected chi connectivity index (χ0v) is 15.7. The van der Waals surface area contributed by atoms with Crippen LogP contribution in [0.15, 0.2) is 36.7 Å². The third-order valence-corrected chi connectivity index (χ3v) is 5.61. The first-order chi connectivity index (χ1) is 12.2. The highest BCUT2D eigenvalue weighted by molar-refractivity contribution is 14.1. The zero-order valence-electron chi connectivity index (χ0n) is 13.6. The molecule has 1 aromatic carbocycles. The van der Waals surface area contributed by atoms with E-state index in [1.165, 1.54) is 12.8 Å². The molecule has 0 aliphatic heterocycles. The lowest BCUT2D eigenvalue weighted by Gasteiger charge is -2.23. The second-order valence-corrected chi connectivity index (χ2v) is 7.45. The van der Waals surface area contributed by atoms with Crippen molar-refractivity contribution in [2.75, 3.05) is 0 Å². The number of H-pyrrole nitrogens is 1. The van der Waals surface area contributed by atoms with Crippen LogP contribution in [-0.4, -0.2) is 26.1 Å². The van der Waals surface area contributed by atoms with Crippen molar-refractivity contribution in [2.24, 2.45) is 5.92 Å². The summed E-state index contributed by atoms with van der Waals surface area (Å²) in [7, 11) is 0. The molecule has 1 atom stereocenters. The van der Waals surface area contributed by atoms with Crippen LogP contribution in [-0.2, 0) is 0 Å². The smallest absolute Gasteiger partial charge is 0.251 e. The van der Waals surface area contributed by atoms with E-state index < -0.39 is 0 Å². The molecule has 1 saturated carbocycles. The summed E-state index contributed by atoms with van der Waals surface area (Å²) in [6, 6.07) is 7.22. The van der Waals surface area contributed by atoms with Crippen molar-refractivity contribution < 1.29 is 4.79 Å². The predicted molar refractivity (Wildman–Crippen MR) is 103 cm³/mol. The van der Waals surface area contributed by atoms with Crippen LogP contribution in [0.4, 0.5) is 0 Å². The number of fused-ring (bicyclic) bond motifs is 1. The fraction of sp³-hybridized carbons (Fsp3) is 0.333. The number of hydrogen-bond acceptors (Lipinski definition) is 4. The topological polar surface area (TPSA) is 83.6 Å². The third-order valence-electron chi connectivity index (χ3n) is 4.79. The number of aromatic amines is 1. The quantitative estimate of drug-likeness (QED) is 0.599. The molecule has 7 heteroatoms. The van der Waals surface area contributed by atoms with Gasteiger partial charge in [0.2, 0.25) is 0 Å². The van der Waals surface area contributed by atoms with Gasteiger partial charge in [0.05, 0.1) is 11.6 Å². The minimum atomic E-state index is -0.143. The molecule has 0 spiro atoms. The van der Waals surface area contributed by atoms with Gasteiger partial charge in [-0.25, -0.2) is 9.97 Å². The number of rotatable bonds is 4. The summed E-state index contributed by atoms with van der Waals surface area (Å²) in [5, 5.41) is 11.3. The highest BCUT2D eigenvalue weighted by Crippen LogP contribution is 2.34. The fourth-order valence-electron chi connectivity index (χ4n) is 3.50. The molecule has 0 radical (unpaired) electrons. The van der Waals surface area contributed by atoms with Crippen LogP contribution >= 0.6 is 22.6 Å². The molecule has 2 heterocycles. The Bertz CT molecular complexity index is 889. The van der Waals surface area contributed by atoms with Crippen LogP contribution in [0, 0.1) is 9.62 Å². The number of carbonyl (C=O) groups is 1. The Morgan fingerprint density at radius 2 is 2.00 bits per heavy atom. The Balaban J connectivity index is 1.61. The number of halogens is 1. The minimum Gasteiger partial charge on any atom is -0.342 e. The monoisotopic (exact) mass is 447 g/mol. The van der Waals surface area contributed by atoms with Crippen LogP contribution < -0.4 is 5.32 Å². The summed E-state index contributed by atoms with van der Waals surface area (Å²) in [4.78, 5) is 21.6. The number of nitrogens with one attached hydrogen (secondary N) is 2. The second-order valence-electron chi connectivity index (χ2n) is 6.37. The molecule has 0 unspecified atom stereocenters. The van der Waals surface area contributed by atoms with Crippen molar-refractivity contribution >= 4 is 39.4 Å². The SMILES string of the molecule is O=C(N[C@@H](c1ncccn1)C1CCCC1)c1ccc2n[nH]c(I)c2c1. The van der Waals surface area contributed by atoms with Gasteiger partial charge in [-0.3, -0.25) is 9.89 Å². The Morgan fingerprint density at radius 3 is 2.76 bits per heavy atom. The average molecular weight is 447 g/mol. The molecule has 6 nitrogen and oxygen atoms in total. The van der Waals surface area contributed by atoms with Gasteiger partial charge in [0, 0.05) is 23.3 Å². The summed E-state index contributed by atoms with van der Waals surface area (Å²) in [5.74, 6) is 0.995. The van der Waals surface area contributed by atoms with Crippen molar-refractivity contribution in [1.29, 1.82) is 0 Å². The number of nitrogens with zero attached hydrogens (tertiary/aromatic N) is 3. The lowest BCUT2D eigenvalue weighted by atomic mass is 9.96. The normalized spacial score (nSPS) is 16.2. The van der Waals surface area contributed by atoms with Crippen LogP contribution in [0.2, 0.25) is 0 Å². The summed E-state index contributed by atoms with van der Waals surface area (Å²) < 4.78 is 0.931. The molecular weight excluding hydrogens is 429 g/mol. The molecule has 25 heavy (non-hydrogen) atoms. The standard InChI is InChI=1S/C18H18IN5O/c19-16-13-10-12(6-7-14(13)23-24-16)18(25)22-15(11-4-1-2-5-11)17-20-8-3-9-21-17/h3,6-11,15H,1-2,4-5H2,(H,22,25)(H,23,24)/t15-/m1/s1. The molecule has 128 valence electrons. The largest absolute Gasteiger partial charge is 0.342 e. The zero-order chi connectivity index (χ0) is 17.2. The molecule has 2 N–H and O–H groups in total. The molecule has 4 rings (SSSR count). The van der Waals surface area contributed by atoms with Crippen LogP contribution in [0.1, 0.15) is 47.9 Å². The van der Waals surface area contributed by atoms with Crippen molar-refractivity contribution in [2.45, 2.75) is 31.7 Å². The van der Waals surface area contributed by atoms with E-state index in [9.17, 15) is 4.79 Å². The van der Waals surface area contributed by atoms with Gasteiger partial charge < -0.3 is 5.32 Å². The van der Waals surface area contributed by atoms with Gasteiger partial charge in [-0.2, -0.15) is 5.10 Å². The molecular formula is C18H18IN5O. The number of aromatic nitrogens is 4. The van der Waals surface area contributed by atoms with Crippen molar-refractivity contribution in [3.63, 3.8) is 0 Å². The van der Waals surface area contributed by atoms with Gasteiger partial charge in [-0.15, -0.1) is 0 Å². The maximum Gasteiger partial charge on any atom is 0.251 e. The summed E-state index contributed by atoms with van der Waals surface area (Å²) in [6.45, 7) is 0. The molecule has 1 amide bonds. The second kappa shape index (κ2) is 7.07. The van der Waals surface area contributed by atoms with E-state index >= 15 is 0 Å². The summed E-state index contributed by atoms with van der Waals surface area (Å²) >= 11 is 2.19. The maximum atomic E-state index is 12.9. The molecule has 3 aromatic rings. The number of carbonyl (C=O) groups excluding carboxylic acids is 1. The van der Waals surface area contributed by atoms with E-state index in [2.05, 4.69) is 48.1 Å². The molecule has 1 fully saturated rings. The van der Waals surface area contributed by atoms with E-state index in [1.807, 2.05) is 18.2 Å². The van der Waals surface area contributed by atoms with Crippen LogP contribution in [0.25, 0.3) is 10.9 Å². The van der Waals surface area contributed by atoms with Crippen LogP contribution in [0.3, 0.4) is 0 Å². The first-order valence-corrected chi connectivity index (χ1v) is 9.51. The Hall–Kier alpha value is -2.03. The number of benzene rings is 1. The molecule has 0 saturated heterocycles. The number of amides is 1. The van der Waals surface area contributed by atoms with Gasteiger partial charge in [-0.1, -0.05) is 12.8 Å². The molecule has 1 aliphatic rings. The molecule has 1 aliphatic carbocycles. The van der Waals surface area contributed by atoms with Crippen LogP contribution in [0.5, 0.6) is 0 Å². The average Bonchev–Trinajstić information content (AvgIpc) is 3.30. The lowest BCUT2D eigenvalue weighted by Crippen LogP contribution is -2.34. The Morgan fingerprint density at radius 1 is 1.24 bits per heavy atom. The van der Waals surface area contributed by atoms with E-state index in [-0.39, 0.29) is 11.9 Å². The lowest BCUT2D eigenvalue weighted by molar-refractivity contribution is 0.0919. The highest BCUT2D eigenvalue weighted by atomic mass is 127. The van der Waals surface area contributed by atoms with E-state index in [1.54, 1.807) is 18.5 Å². The fourth-order valence-corrected chi connectivity index (χ4v) is 4.05. The van der Waals surface area contributed by atoms with Gasteiger partial charge in [0.25, 0.3) is 5.91 Å². The summed E-state index contributed by atoms with van der Waals surface area (Å²) in [6.07, 6.45) is 8.06. The summed E-state index contributed by atoms with van der Waals surface area (Å²) in [5.41, 5.74) is 1.49. The maximum absolute atomic E-state index is 12.9. The first kappa shape index (κ1) is 16.4. The first-order valence-electron chi connectivity index (χ1n) is 8.44. The third kappa shape index (κ3) is 3.37. The predicted octanol–water partition coefficient (Wildman–Crippen LogP) is 3.62. The molecule has 0 bridgehead atoms. The van der Waals surface area contributed by atoms with Gasteiger partial charge >= 0.3 is 0 Å². The minimum absolute atomic E-state index is 0.0942. The van der Waals surface area contributed by atoms with Gasteiger partial charge in [-0.05, 0) is 65.6 Å². The Kier molecular flexibility index (Phi) is 4.65. The van der Waals surface area contributed by atoms with E-state index in [4.69, 9.17) is 0 Å². The van der Waals surface area contributed by atoms with Crippen molar-refractivity contribution in [3.8, 4) is 0 Å². The van der Waals surface area contributed by atoms with E-state index in [0.29, 0.717) is 17.3 Å². The molecule has 2 aromatic heterocycles. The van der Waals surface area contributed by atoms with Gasteiger partial charge in [0.15, 0.2) is 5.82 Å². The highest BCUT2D eigenvalue weighted by Gasteiger charge is 2.30. The van der Waals surface area contributed by atoms with Gasteiger partial charge in [0.1, 0.15) is 3.70 Å². The number of hydrogen-bond donors (Lipinski definition) is 2.